The molecule has 2 heterocycles. The molecule has 0 amide bonds. The summed E-state index contributed by atoms with van der Waals surface area (Å²) in [6.45, 7) is 3.60. The van der Waals surface area contributed by atoms with Crippen molar-refractivity contribution in [3.8, 4) is 5.75 Å². The van der Waals surface area contributed by atoms with E-state index in [9.17, 15) is 8.42 Å². The Balaban J connectivity index is 1.92. The van der Waals surface area contributed by atoms with Crippen molar-refractivity contribution in [1.29, 1.82) is 0 Å². The van der Waals surface area contributed by atoms with Crippen molar-refractivity contribution in [3.05, 3.63) is 12.4 Å². The van der Waals surface area contributed by atoms with Crippen LogP contribution in [-0.2, 0) is 9.84 Å². The first-order chi connectivity index (χ1) is 8.50. The smallest absolute Gasteiger partial charge is 0.225 e. The lowest BCUT2D eigenvalue weighted by atomic mass is 10.2. The summed E-state index contributed by atoms with van der Waals surface area (Å²) in [6.07, 6.45) is 5.43. The summed E-state index contributed by atoms with van der Waals surface area (Å²) in [5.41, 5.74) is 0. The van der Waals surface area contributed by atoms with E-state index in [1.165, 1.54) is 6.26 Å². The van der Waals surface area contributed by atoms with Gasteiger partial charge < -0.3 is 9.64 Å². The average molecular weight is 271 g/mol. The number of rotatable bonds is 5. The van der Waals surface area contributed by atoms with Crippen LogP contribution < -0.4 is 9.64 Å². The zero-order valence-corrected chi connectivity index (χ0v) is 11.4. The highest BCUT2D eigenvalue weighted by atomic mass is 32.2. The molecule has 1 aliphatic rings. The Morgan fingerprint density at radius 3 is 2.50 bits per heavy atom. The monoisotopic (exact) mass is 271 g/mol. The van der Waals surface area contributed by atoms with Crippen molar-refractivity contribution in [3.63, 3.8) is 0 Å². The third-order valence-corrected chi connectivity index (χ3v) is 4.33. The molecule has 0 unspecified atom stereocenters. The minimum Gasteiger partial charge on any atom is -0.490 e. The van der Waals surface area contributed by atoms with Crippen molar-refractivity contribution in [2.45, 2.75) is 18.6 Å². The van der Waals surface area contributed by atoms with Gasteiger partial charge in [0.15, 0.2) is 15.6 Å². The summed E-state index contributed by atoms with van der Waals surface area (Å²) >= 11 is 0. The Kier molecular flexibility index (Phi) is 3.70. The minimum atomic E-state index is -2.95. The van der Waals surface area contributed by atoms with Crippen LogP contribution in [0.2, 0.25) is 0 Å². The van der Waals surface area contributed by atoms with Crippen molar-refractivity contribution >= 4 is 15.8 Å². The molecular formula is C11H17N3O3S. The molecule has 0 bridgehead atoms. The molecule has 0 aromatic carbocycles. The maximum absolute atomic E-state index is 11.3. The molecule has 1 saturated heterocycles. The van der Waals surface area contributed by atoms with Crippen LogP contribution in [-0.4, -0.2) is 49.6 Å². The second-order valence-electron chi connectivity index (χ2n) is 4.42. The standard InChI is InChI=1S/C11H17N3O3S/c1-3-4-17-9-5-12-11(13-6-9)14-7-10(8-14)18(2,15)16/h5-6,10H,3-4,7-8H2,1-2H3. The molecule has 0 saturated carbocycles. The number of ether oxygens (including phenoxy) is 1. The second-order valence-corrected chi connectivity index (χ2v) is 6.75. The summed E-state index contributed by atoms with van der Waals surface area (Å²) < 4.78 is 27.9. The normalized spacial score (nSPS) is 16.4. The minimum absolute atomic E-state index is 0.294. The molecule has 0 spiro atoms. The SMILES string of the molecule is CCCOc1cnc(N2CC(S(C)(=O)=O)C2)nc1. The Morgan fingerprint density at radius 2 is 2.00 bits per heavy atom. The van der Waals surface area contributed by atoms with Gasteiger partial charge >= 0.3 is 0 Å². The summed E-state index contributed by atoms with van der Waals surface area (Å²) in [5.74, 6) is 1.19. The highest BCUT2D eigenvalue weighted by Crippen LogP contribution is 2.21. The predicted molar refractivity (Wildman–Crippen MR) is 68.7 cm³/mol. The van der Waals surface area contributed by atoms with Crippen LogP contribution >= 0.6 is 0 Å². The van der Waals surface area contributed by atoms with Crippen LogP contribution in [0.5, 0.6) is 5.75 Å². The van der Waals surface area contributed by atoms with Gasteiger partial charge in [0, 0.05) is 19.3 Å². The van der Waals surface area contributed by atoms with Gasteiger partial charge in [0.05, 0.1) is 24.3 Å². The van der Waals surface area contributed by atoms with E-state index in [2.05, 4.69) is 9.97 Å². The molecule has 1 aromatic heterocycles. The first-order valence-corrected chi connectivity index (χ1v) is 7.85. The molecule has 0 radical (unpaired) electrons. The molecule has 1 aliphatic heterocycles. The first kappa shape index (κ1) is 13.1. The lowest BCUT2D eigenvalue weighted by molar-refractivity contribution is 0.314. The summed E-state index contributed by atoms with van der Waals surface area (Å²) in [7, 11) is -2.95. The molecule has 1 aromatic rings. The summed E-state index contributed by atoms with van der Waals surface area (Å²) in [5, 5.41) is -0.294. The molecule has 6 nitrogen and oxygen atoms in total. The first-order valence-electron chi connectivity index (χ1n) is 5.89. The van der Waals surface area contributed by atoms with E-state index in [-0.39, 0.29) is 5.25 Å². The van der Waals surface area contributed by atoms with Crippen molar-refractivity contribution < 1.29 is 13.2 Å². The maximum Gasteiger partial charge on any atom is 0.225 e. The van der Waals surface area contributed by atoms with Crippen LogP contribution in [0, 0.1) is 0 Å². The highest BCUT2D eigenvalue weighted by Gasteiger charge is 2.35. The Bertz CT molecular complexity index is 495. The average Bonchev–Trinajstić information content (AvgIpc) is 2.24. The number of hydrogen-bond acceptors (Lipinski definition) is 6. The zero-order chi connectivity index (χ0) is 13.2. The van der Waals surface area contributed by atoms with E-state index in [4.69, 9.17) is 4.74 Å². The van der Waals surface area contributed by atoms with Gasteiger partial charge in [0.25, 0.3) is 0 Å². The van der Waals surface area contributed by atoms with Gasteiger partial charge in [-0.05, 0) is 6.42 Å². The molecule has 0 aliphatic carbocycles. The Labute approximate surface area is 107 Å². The largest absolute Gasteiger partial charge is 0.490 e. The van der Waals surface area contributed by atoms with Crippen molar-refractivity contribution in [2.75, 3.05) is 30.9 Å². The van der Waals surface area contributed by atoms with E-state index in [0.717, 1.165) is 6.42 Å². The fourth-order valence-electron chi connectivity index (χ4n) is 1.64. The fraction of sp³-hybridized carbons (Fsp3) is 0.636. The second kappa shape index (κ2) is 5.09. The quantitative estimate of drug-likeness (QED) is 0.776. The molecule has 2 rings (SSSR count). The van der Waals surface area contributed by atoms with Crippen LogP contribution in [0.3, 0.4) is 0 Å². The van der Waals surface area contributed by atoms with E-state index in [1.54, 1.807) is 12.4 Å². The maximum atomic E-state index is 11.3. The zero-order valence-electron chi connectivity index (χ0n) is 10.5. The molecule has 7 heteroatoms. The van der Waals surface area contributed by atoms with E-state index < -0.39 is 9.84 Å². The van der Waals surface area contributed by atoms with Crippen molar-refractivity contribution in [2.24, 2.45) is 0 Å². The topological polar surface area (TPSA) is 72.4 Å². The highest BCUT2D eigenvalue weighted by molar-refractivity contribution is 7.91. The third-order valence-electron chi connectivity index (χ3n) is 2.82. The predicted octanol–water partition coefficient (Wildman–Crippen LogP) is 0.499. The van der Waals surface area contributed by atoms with E-state index >= 15 is 0 Å². The van der Waals surface area contributed by atoms with E-state index in [1.807, 2.05) is 11.8 Å². The lowest BCUT2D eigenvalue weighted by Gasteiger charge is -2.37. The van der Waals surface area contributed by atoms with Gasteiger partial charge in [-0.25, -0.2) is 18.4 Å². The Morgan fingerprint density at radius 1 is 1.39 bits per heavy atom. The van der Waals surface area contributed by atoms with Gasteiger partial charge in [-0.1, -0.05) is 6.92 Å². The van der Waals surface area contributed by atoms with Gasteiger partial charge in [-0.2, -0.15) is 0 Å². The van der Waals surface area contributed by atoms with Gasteiger partial charge in [-0.3, -0.25) is 0 Å². The molecule has 100 valence electrons. The Hall–Kier alpha value is -1.37. The van der Waals surface area contributed by atoms with Crippen LogP contribution in [0.4, 0.5) is 5.95 Å². The summed E-state index contributed by atoms with van der Waals surface area (Å²) in [4.78, 5) is 10.2. The molecule has 0 N–H and O–H groups in total. The fourth-order valence-corrected chi connectivity index (χ4v) is 2.54. The van der Waals surface area contributed by atoms with Gasteiger partial charge in [-0.15, -0.1) is 0 Å². The number of nitrogens with zero attached hydrogens (tertiary/aromatic N) is 3. The van der Waals surface area contributed by atoms with Gasteiger partial charge in [0.1, 0.15) is 0 Å². The van der Waals surface area contributed by atoms with E-state index in [0.29, 0.717) is 31.4 Å². The number of aromatic nitrogens is 2. The molecular weight excluding hydrogens is 254 g/mol. The molecule has 18 heavy (non-hydrogen) atoms. The lowest BCUT2D eigenvalue weighted by Crippen LogP contribution is -2.55. The third kappa shape index (κ3) is 2.90. The number of hydrogen-bond donors (Lipinski definition) is 0. The van der Waals surface area contributed by atoms with Crippen molar-refractivity contribution in [1.82, 2.24) is 9.97 Å². The molecule has 1 fully saturated rings. The molecule has 0 atom stereocenters. The number of anilines is 1. The van der Waals surface area contributed by atoms with Gasteiger partial charge in [0.2, 0.25) is 5.95 Å². The van der Waals surface area contributed by atoms with Crippen LogP contribution in [0.1, 0.15) is 13.3 Å². The number of sulfone groups is 1. The van der Waals surface area contributed by atoms with Crippen LogP contribution in [0.15, 0.2) is 12.4 Å². The van der Waals surface area contributed by atoms with Crippen LogP contribution in [0.25, 0.3) is 0 Å². The summed E-state index contributed by atoms with van der Waals surface area (Å²) in [6, 6.07) is 0.